The first-order chi connectivity index (χ1) is 14.7. The largest absolute Gasteiger partial charge is 0.417 e. The fourth-order valence-electron chi connectivity index (χ4n) is 2.67. The Bertz CT molecular complexity index is 1110. The number of rotatable bonds is 6. The molecule has 0 aliphatic heterocycles. The molecule has 0 spiro atoms. The molecule has 0 saturated carbocycles. The molecule has 3 aromatic rings. The first-order valence-corrected chi connectivity index (χ1v) is 10.9. The normalized spacial score (nSPS) is 11.5. The lowest BCUT2D eigenvalue weighted by molar-refractivity contribution is -0.138. The number of halogens is 6. The first kappa shape index (κ1) is 23.4. The molecule has 1 aromatic heterocycles. The van der Waals surface area contributed by atoms with Gasteiger partial charge in [-0.2, -0.15) is 27.2 Å². The van der Waals surface area contributed by atoms with Crippen LogP contribution in [0.3, 0.4) is 0 Å². The van der Waals surface area contributed by atoms with Gasteiger partial charge < -0.3 is 0 Å². The number of pyridine rings is 1. The van der Waals surface area contributed by atoms with Crippen LogP contribution in [0.25, 0.3) is 11.3 Å². The second kappa shape index (κ2) is 9.90. The molecule has 0 unspecified atom stereocenters. The fourth-order valence-corrected chi connectivity index (χ4v) is 4.46. The van der Waals surface area contributed by atoms with E-state index in [-0.39, 0.29) is 21.4 Å². The van der Waals surface area contributed by atoms with Crippen molar-refractivity contribution < 1.29 is 22.0 Å². The molecule has 0 atom stereocenters. The molecule has 0 aliphatic carbocycles. The molecular formula is C21H12ClF5N2S2. The van der Waals surface area contributed by atoms with Gasteiger partial charge >= 0.3 is 6.18 Å². The maximum Gasteiger partial charge on any atom is 0.417 e. The molecule has 2 nitrogen and oxygen atoms in total. The lowest BCUT2D eigenvalue weighted by Crippen LogP contribution is -2.10. The van der Waals surface area contributed by atoms with Crippen LogP contribution in [-0.4, -0.2) is 10.7 Å². The third kappa shape index (κ3) is 5.91. The van der Waals surface area contributed by atoms with Crippen molar-refractivity contribution in [1.82, 2.24) is 4.98 Å². The van der Waals surface area contributed by atoms with Crippen LogP contribution in [0.5, 0.6) is 0 Å². The van der Waals surface area contributed by atoms with E-state index < -0.39 is 23.1 Å². The summed E-state index contributed by atoms with van der Waals surface area (Å²) in [6, 6.07) is 14.9. The van der Waals surface area contributed by atoms with Crippen LogP contribution < -0.4 is 0 Å². The number of hydrogen-bond acceptors (Lipinski definition) is 4. The molecular weight excluding hydrogens is 475 g/mol. The molecule has 0 aliphatic rings. The van der Waals surface area contributed by atoms with Gasteiger partial charge in [-0.25, -0.2) is 4.98 Å². The Hall–Kier alpha value is -2.28. The van der Waals surface area contributed by atoms with Crippen LogP contribution in [0.15, 0.2) is 64.5 Å². The summed E-state index contributed by atoms with van der Waals surface area (Å²) in [5, 5.41) is 9.76. The van der Waals surface area contributed by atoms with Gasteiger partial charge in [0.1, 0.15) is 11.1 Å². The SMILES string of the molecule is N#Cc1c(C(F)(F)F)cc(-c2ccc(SC(F)F)cc2)nc1SCc1ccccc1Cl. The number of nitrogens with zero attached hydrogens (tertiary/aromatic N) is 2. The maximum atomic E-state index is 13.7. The summed E-state index contributed by atoms with van der Waals surface area (Å²) >= 11 is 7.41. The molecule has 0 fully saturated rings. The van der Waals surface area contributed by atoms with E-state index in [1.807, 2.05) is 0 Å². The number of thioether (sulfide) groups is 2. The summed E-state index contributed by atoms with van der Waals surface area (Å²) in [6.07, 6.45) is -4.77. The van der Waals surface area contributed by atoms with E-state index in [1.54, 1.807) is 30.3 Å². The van der Waals surface area contributed by atoms with Crippen molar-refractivity contribution in [3.63, 3.8) is 0 Å². The van der Waals surface area contributed by atoms with Crippen LogP contribution in [0, 0.1) is 11.3 Å². The third-order valence-electron chi connectivity index (χ3n) is 4.10. The summed E-state index contributed by atoms with van der Waals surface area (Å²) in [6.45, 7) is 0. The van der Waals surface area contributed by atoms with Gasteiger partial charge in [0, 0.05) is 21.2 Å². The van der Waals surface area contributed by atoms with Crippen LogP contribution >= 0.6 is 35.1 Å². The summed E-state index contributed by atoms with van der Waals surface area (Å²) in [7, 11) is 0. The predicted molar refractivity (Wildman–Crippen MR) is 112 cm³/mol. The third-order valence-corrected chi connectivity index (χ3v) is 6.22. The molecule has 0 radical (unpaired) electrons. The smallest absolute Gasteiger partial charge is 0.240 e. The van der Waals surface area contributed by atoms with E-state index in [9.17, 15) is 27.2 Å². The zero-order chi connectivity index (χ0) is 22.6. The highest BCUT2D eigenvalue weighted by molar-refractivity contribution is 7.99. The van der Waals surface area contributed by atoms with Crippen LogP contribution in [0.1, 0.15) is 16.7 Å². The van der Waals surface area contributed by atoms with Crippen LogP contribution in [-0.2, 0) is 11.9 Å². The quantitative estimate of drug-likeness (QED) is 0.262. The Labute approximate surface area is 188 Å². The number of alkyl halides is 5. The number of hydrogen-bond donors (Lipinski definition) is 0. The summed E-state index contributed by atoms with van der Waals surface area (Å²) < 4.78 is 66.0. The second-order valence-electron chi connectivity index (χ2n) is 6.13. The lowest BCUT2D eigenvalue weighted by atomic mass is 10.1. The Kier molecular flexibility index (Phi) is 7.46. The van der Waals surface area contributed by atoms with Gasteiger partial charge in [-0.3, -0.25) is 0 Å². The molecule has 160 valence electrons. The average Bonchev–Trinajstić information content (AvgIpc) is 2.72. The molecule has 0 bridgehead atoms. The van der Waals surface area contributed by atoms with Crippen molar-refractivity contribution in [3.05, 3.63) is 76.3 Å². The minimum atomic E-state index is -4.77. The van der Waals surface area contributed by atoms with E-state index in [2.05, 4.69) is 4.98 Å². The molecule has 3 rings (SSSR count). The van der Waals surface area contributed by atoms with Gasteiger partial charge in [-0.1, -0.05) is 53.7 Å². The minimum absolute atomic E-state index is 0.0124. The molecule has 31 heavy (non-hydrogen) atoms. The van der Waals surface area contributed by atoms with Crippen LogP contribution in [0.4, 0.5) is 22.0 Å². The van der Waals surface area contributed by atoms with Gasteiger partial charge in [0.2, 0.25) is 0 Å². The number of benzene rings is 2. The highest BCUT2D eigenvalue weighted by Crippen LogP contribution is 2.39. The van der Waals surface area contributed by atoms with E-state index in [4.69, 9.17) is 11.6 Å². The van der Waals surface area contributed by atoms with Gasteiger partial charge in [0.05, 0.1) is 16.8 Å². The van der Waals surface area contributed by atoms with Crippen molar-refractivity contribution in [2.45, 2.75) is 27.6 Å². The Balaban J connectivity index is 2.03. The number of aromatic nitrogens is 1. The summed E-state index contributed by atoms with van der Waals surface area (Å²) in [5.74, 6) is -2.39. The topological polar surface area (TPSA) is 36.7 Å². The molecule has 2 aromatic carbocycles. The van der Waals surface area contributed by atoms with Gasteiger partial charge in [0.15, 0.2) is 0 Å². The lowest BCUT2D eigenvalue weighted by Gasteiger charge is -2.14. The second-order valence-corrected chi connectivity index (χ2v) is 8.56. The highest BCUT2D eigenvalue weighted by atomic mass is 35.5. The average molecular weight is 487 g/mol. The van der Waals surface area contributed by atoms with E-state index >= 15 is 0 Å². The Morgan fingerprint density at radius 3 is 2.32 bits per heavy atom. The van der Waals surface area contributed by atoms with Crippen molar-refractivity contribution >= 4 is 35.1 Å². The Morgan fingerprint density at radius 2 is 1.74 bits per heavy atom. The van der Waals surface area contributed by atoms with Crippen molar-refractivity contribution in [3.8, 4) is 17.3 Å². The first-order valence-electron chi connectivity index (χ1n) is 8.63. The van der Waals surface area contributed by atoms with E-state index in [1.165, 1.54) is 24.3 Å². The summed E-state index contributed by atoms with van der Waals surface area (Å²) in [4.78, 5) is 4.54. The van der Waals surface area contributed by atoms with Gasteiger partial charge in [-0.05, 0) is 29.8 Å². The fraction of sp³-hybridized carbons (Fsp3) is 0.143. The summed E-state index contributed by atoms with van der Waals surface area (Å²) in [5.41, 5.74) is -0.687. The van der Waals surface area contributed by atoms with E-state index in [0.717, 1.165) is 17.8 Å². The maximum absolute atomic E-state index is 13.7. The highest BCUT2D eigenvalue weighted by Gasteiger charge is 2.36. The van der Waals surface area contributed by atoms with Gasteiger partial charge in [-0.15, -0.1) is 11.8 Å². The minimum Gasteiger partial charge on any atom is -0.240 e. The molecule has 0 saturated heterocycles. The standard InChI is InChI=1S/C21H12ClF5N2S2/c22-17-4-2-1-3-13(17)11-30-19-15(10-28)16(21(25,26)27)9-18(29-19)12-5-7-14(8-6-12)31-20(23)24/h1-9,20H,11H2. The van der Waals surface area contributed by atoms with Crippen molar-refractivity contribution in [1.29, 1.82) is 5.26 Å². The Morgan fingerprint density at radius 1 is 1.06 bits per heavy atom. The molecule has 0 N–H and O–H groups in total. The van der Waals surface area contributed by atoms with E-state index in [0.29, 0.717) is 27.9 Å². The van der Waals surface area contributed by atoms with Crippen molar-refractivity contribution in [2.24, 2.45) is 0 Å². The zero-order valence-electron chi connectivity index (χ0n) is 15.5. The monoisotopic (exact) mass is 486 g/mol. The molecule has 10 heteroatoms. The van der Waals surface area contributed by atoms with Crippen molar-refractivity contribution in [2.75, 3.05) is 0 Å². The molecule has 0 amide bonds. The number of nitriles is 1. The molecule has 1 heterocycles. The van der Waals surface area contributed by atoms with Gasteiger partial charge in [0.25, 0.3) is 5.76 Å². The van der Waals surface area contributed by atoms with Crippen LogP contribution in [0.2, 0.25) is 5.02 Å². The predicted octanol–water partition coefficient (Wildman–Crippen LogP) is 7.90. The zero-order valence-corrected chi connectivity index (χ0v) is 17.8.